The van der Waals surface area contributed by atoms with Crippen molar-refractivity contribution in [1.29, 1.82) is 0 Å². The number of fused-ring (bicyclic) bond motifs is 1. The summed E-state index contributed by atoms with van der Waals surface area (Å²) >= 11 is 0. The minimum absolute atomic E-state index is 0.300. The average molecular weight is 376 g/mol. The third kappa shape index (κ3) is 5.70. The van der Waals surface area contributed by atoms with Gasteiger partial charge in [-0.2, -0.15) is 0 Å². The van der Waals surface area contributed by atoms with E-state index < -0.39 is 35.2 Å². The highest BCUT2D eigenvalue weighted by Crippen LogP contribution is 2.26. The molecule has 1 aromatic heterocycles. The number of oxazole rings is 1. The number of nitrogens with zero attached hydrogens (tertiary/aromatic N) is 1. The van der Waals surface area contributed by atoms with Crippen LogP contribution >= 0.6 is 0 Å². The number of alkyl carbamates (subject to hydrolysis) is 1. The van der Waals surface area contributed by atoms with Gasteiger partial charge in [0.15, 0.2) is 11.7 Å². The molecule has 0 aliphatic heterocycles. The number of carbonyl (C=O) groups is 2. The lowest BCUT2D eigenvalue weighted by molar-refractivity contribution is -0.155. The number of nitrogens with one attached hydrogen (secondary N) is 1. The van der Waals surface area contributed by atoms with Crippen molar-refractivity contribution < 1.29 is 23.5 Å². The van der Waals surface area contributed by atoms with E-state index in [-0.39, 0.29) is 0 Å². The summed E-state index contributed by atoms with van der Waals surface area (Å²) in [5.41, 5.74) is 0.0704. The van der Waals surface area contributed by atoms with Crippen LogP contribution in [0.15, 0.2) is 28.7 Å². The Morgan fingerprint density at radius 2 is 1.74 bits per heavy atom. The van der Waals surface area contributed by atoms with Gasteiger partial charge in [0.2, 0.25) is 5.89 Å². The Morgan fingerprint density at radius 1 is 1.11 bits per heavy atom. The number of aromatic nitrogens is 1. The lowest BCUT2D eigenvalue weighted by Crippen LogP contribution is -2.51. The molecule has 0 spiro atoms. The number of rotatable bonds is 4. The summed E-state index contributed by atoms with van der Waals surface area (Å²) in [6.45, 7) is 12.4. The van der Waals surface area contributed by atoms with Crippen molar-refractivity contribution in [2.24, 2.45) is 5.41 Å². The first-order valence-corrected chi connectivity index (χ1v) is 8.92. The first-order valence-electron chi connectivity index (χ1n) is 8.92. The molecule has 1 N–H and O–H groups in total. The van der Waals surface area contributed by atoms with Crippen molar-refractivity contribution in [1.82, 2.24) is 10.3 Å². The van der Waals surface area contributed by atoms with Crippen LogP contribution in [0, 0.1) is 5.41 Å². The predicted octanol–water partition coefficient (Wildman–Crippen LogP) is 4.37. The van der Waals surface area contributed by atoms with Crippen LogP contribution in [0.5, 0.6) is 0 Å². The average Bonchev–Trinajstić information content (AvgIpc) is 2.93. The zero-order chi connectivity index (χ0) is 20.4. The first-order chi connectivity index (χ1) is 12.4. The molecule has 1 heterocycles. The van der Waals surface area contributed by atoms with Gasteiger partial charge >= 0.3 is 12.1 Å². The summed E-state index contributed by atoms with van der Waals surface area (Å²) < 4.78 is 16.4. The quantitative estimate of drug-likeness (QED) is 0.797. The normalized spacial score (nSPS) is 14.5. The van der Waals surface area contributed by atoms with E-state index >= 15 is 0 Å². The lowest BCUT2D eigenvalue weighted by atomic mass is 9.87. The summed E-state index contributed by atoms with van der Waals surface area (Å²) in [7, 11) is 0. The molecule has 1 aromatic carbocycles. The molecule has 0 bridgehead atoms. The standard InChI is InChI=1S/C20H28N2O5/c1-12(16-21-13-10-8-9-11-14(13)26-16)25-17(23)15(19(2,3)4)22-18(24)27-20(5,6)7/h8-12,15H,1-7H3,(H,22,24)/t12-,15-/m0/s1. The largest absolute Gasteiger partial charge is 0.451 e. The maximum atomic E-state index is 12.7. The molecule has 27 heavy (non-hydrogen) atoms. The maximum Gasteiger partial charge on any atom is 0.408 e. The van der Waals surface area contributed by atoms with Gasteiger partial charge in [0.25, 0.3) is 0 Å². The number of para-hydroxylation sites is 2. The van der Waals surface area contributed by atoms with Gasteiger partial charge in [-0.25, -0.2) is 14.6 Å². The smallest absolute Gasteiger partial charge is 0.408 e. The fraction of sp³-hybridized carbons (Fsp3) is 0.550. The van der Waals surface area contributed by atoms with Gasteiger partial charge < -0.3 is 19.2 Å². The molecule has 0 radical (unpaired) electrons. The summed E-state index contributed by atoms with van der Waals surface area (Å²) in [4.78, 5) is 29.2. The number of ether oxygens (including phenoxy) is 2. The van der Waals surface area contributed by atoms with Crippen LogP contribution in [0.1, 0.15) is 60.5 Å². The van der Waals surface area contributed by atoms with E-state index in [1.54, 1.807) is 33.8 Å². The zero-order valence-electron chi connectivity index (χ0n) is 17.0. The molecule has 2 aromatic rings. The SMILES string of the molecule is C[C@H](OC(=O)[C@H](NC(=O)OC(C)(C)C)C(C)(C)C)c1nc2ccccc2o1. The molecule has 2 rings (SSSR count). The van der Waals surface area contributed by atoms with E-state index in [4.69, 9.17) is 13.9 Å². The summed E-state index contributed by atoms with van der Waals surface area (Å²) in [6.07, 6.45) is -1.37. The lowest BCUT2D eigenvalue weighted by Gasteiger charge is -2.31. The Morgan fingerprint density at radius 3 is 2.30 bits per heavy atom. The van der Waals surface area contributed by atoms with E-state index in [2.05, 4.69) is 10.3 Å². The molecule has 2 atom stereocenters. The third-order valence-electron chi connectivity index (χ3n) is 3.71. The van der Waals surface area contributed by atoms with Gasteiger partial charge in [0, 0.05) is 0 Å². The second kappa shape index (κ2) is 7.58. The van der Waals surface area contributed by atoms with Gasteiger partial charge in [-0.05, 0) is 45.2 Å². The van der Waals surface area contributed by atoms with Crippen LogP contribution in [0.3, 0.4) is 0 Å². The molecule has 0 aliphatic rings. The van der Waals surface area contributed by atoms with Crippen molar-refractivity contribution in [2.75, 3.05) is 0 Å². The first kappa shape index (κ1) is 20.7. The van der Waals surface area contributed by atoms with Gasteiger partial charge in [-0.1, -0.05) is 32.9 Å². The van der Waals surface area contributed by atoms with Crippen LogP contribution in [0.25, 0.3) is 11.1 Å². The zero-order valence-corrected chi connectivity index (χ0v) is 17.0. The molecule has 1 amide bonds. The fourth-order valence-electron chi connectivity index (χ4n) is 2.41. The molecular formula is C20H28N2O5. The van der Waals surface area contributed by atoms with E-state index in [1.807, 2.05) is 39.0 Å². The Bertz CT molecular complexity index is 781. The molecule has 7 nitrogen and oxygen atoms in total. The number of benzene rings is 1. The molecule has 7 heteroatoms. The van der Waals surface area contributed by atoms with Gasteiger partial charge in [-0.3, -0.25) is 0 Å². The minimum Gasteiger partial charge on any atom is -0.451 e. The molecule has 148 valence electrons. The van der Waals surface area contributed by atoms with Gasteiger partial charge in [-0.15, -0.1) is 0 Å². The van der Waals surface area contributed by atoms with Crippen LogP contribution in [-0.2, 0) is 14.3 Å². The summed E-state index contributed by atoms with van der Waals surface area (Å²) in [6, 6.07) is 6.42. The molecule has 0 unspecified atom stereocenters. The van der Waals surface area contributed by atoms with Crippen LogP contribution in [0.4, 0.5) is 4.79 Å². The van der Waals surface area contributed by atoms with Crippen LogP contribution < -0.4 is 5.32 Å². The molecule has 0 saturated carbocycles. The third-order valence-corrected chi connectivity index (χ3v) is 3.71. The predicted molar refractivity (Wildman–Crippen MR) is 101 cm³/mol. The van der Waals surface area contributed by atoms with Gasteiger partial charge in [0.05, 0.1) is 0 Å². The number of amides is 1. The Balaban J connectivity index is 2.11. The van der Waals surface area contributed by atoms with Crippen molar-refractivity contribution in [3.63, 3.8) is 0 Å². The van der Waals surface area contributed by atoms with Crippen molar-refractivity contribution in [3.05, 3.63) is 30.2 Å². The number of hydrogen-bond acceptors (Lipinski definition) is 6. The highest BCUT2D eigenvalue weighted by molar-refractivity contribution is 5.82. The maximum absolute atomic E-state index is 12.7. The number of hydrogen-bond donors (Lipinski definition) is 1. The summed E-state index contributed by atoms with van der Waals surface area (Å²) in [5, 5.41) is 2.61. The number of esters is 1. The topological polar surface area (TPSA) is 90.7 Å². The molecule has 0 saturated heterocycles. The monoisotopic (exact) mass is 376 g/mol. The van der Waals surface area contributed by atoms with Crippen LogP contribution in [0.2, 0.25) is 0 Å². The van der Waals surface area contributed by atoms with Crippen molar-refractivity contribution in [2.45, 2.75) is 66.2 Å². The highest BCUT2D eigenvalue weighted by atomic mass is 16.6. The summed E-state index contributed by atoms with van der Waals surface area (Å²) in [5.74, 6) is -0.280. The number of carbonyl (C=O) groups excluding carboxylic acids is 2. The second-order valence-electron chi connectivity index (χ2n) is 8.54. The van der Waals surface area contributed by atoms with E-state index in [1.165, 1.54) is 0 Å². The Kier molecular flexibility index (Phi) is 5.82. The van der Waals surface area contributed by atoms with Crippen LogP contribution in [-0.4, -0.2) is 28.7 Å². The second-order valence-corrected chi connectivity index (χ2v) is 8.54. The van der Waals surface area contributed by atoms with Crippen molar-refractivity contribution in [3.8, 4) is 0 Å². The Hall–Kier alpha value is -2.57. The van der Waals surface area contributed by atoms with E-state index in [9.17, 15) is 9.59 Å². The molecule has 0 aliphatic carbocycles. The van der Waals surface area contributed by atoms with Crippen molar-refractivity contribution >= 4 is 23.2 Å². The van der Waals surface area contributed by atoms with E-state index in [0.717, 1.165) is 0 Å². The Labute approximate surface area is 159 Å². The minimum atomic E-state index is -0.890. The van der Waals surface area contributed by atoms with Gasteiger partial charge in [0.1, 0.15) is 17.2 Å². The molecule has 0 fully saturated rings. The molecular weight excluding hydrogens is 348 g/mol. The highest BCUT2D eigenvalue weighted by Gasteiger charge is 2.36. The van der Waals surface area contributed by atoms with E-state index in [0.29, 0.717) is 17.0 Å². The fourth-order valence-corrected chi connectivity index (χ4v) is 2.41.